The van der Waals surface area contributed by atoms with Crippen LogP contribution in [0, 0.1) is 5.41 Å². The van der Waals surface area contributed by atoms with E-state index in [2.05, 4.69) is 5.32 Å². The van der Waals surface area contributed by atoms with E-state index in [4.69, 9.17) is 16.9 Å². The number of fused-ring (bicyclic) bond motifs is 1. The number of amides is 2. The van der Waals surface area contributed by atoms with Crippen molar-refractivity contribution in [2.24, 2.45) is 11.5 Å². The van der Waals surface area contributed by atoms with Gasteiger partial charge in [0.1, 0.15) is 18.0 Å². The van der Waals surface area contributed by atoms with E-state index in [9.17, 15) is 14.0 Å². The van der Waals surface area contributed by atoms with Crippen molar-refractivity contribution in [2.45, 2.75) is 31.6 Å². The van der Waals surface area contributed by atoms with Crippen molar-refractivity contribution in [2.75, 3.05) is 28.2 Å². The Labute approximate surface area is 214 Å². The van der Waals surface area contributed by atoms with Crippen LogP contribution in [-0.4, -0.2) is 43.0 Å². The van der Waals surface area contributed by atoms with Crippen LogP contribution in [0.3, 0.4) is 0 Å². The molecule has 2 aliphatic rings. The lowest BCUT2D eigenvalue weighted by atomic mass is 10.1. The molecule has 3 aromatic rings. The average Bonchev–Trinajstić information content (AvgIpc) is 3.48. The van der Waals surface area contributed by atoms with Gasteiger partial charge in [-0.15, -0.1) is 0 Å². The third-order valence-corrected chi connectivity index (χ3v) is 7.00. The predicted octanol–water partition coefficient (Wildman–Crippen LogP) is 3.19. The normalized spacial score (nSPS) is 18.5. The summed E-state index contributed by atoms with van der Waals surface area (Å²) < 4.78 is 13.7. The number of alkyl halides is 1. The standard InChI is InChI=1S/C28H29FN6O2/c29-21-10-11-34(16-21)23-3-1-2-22(14-23)33-28(37)25-12-19-8-9-20(26(30)31)13-24(19)35(25)15-17-4-6-18(7-5-17)27(32)36/h1-9,13-14,21,25H,10-12,15-16H2,(H3,30,31)(H2,32,36)(H,33,37)/t21-,25?/m0/s1. The van der Waals surface area contributed by atoms with E-state index in [-0.39, 0.29) is 11.7 Å². The first-order valence-electron chi connectivity index (χ1n) is 12.2. The lowest BCUT2D eigenvalue weighted by Gasteiger charge is -2.27. The number of carbonyl (C=O) groups excluding carboxylic acids is 2. The van der Waals surface area contributed by atoms with Crippen LogP contribution in [0.2, 0.25) is 0 Å². The van der Waals surface area contributed by atoms with Crippen LogP contribution in [0.25, 0.3) is 0 Å². The molecule has 190 valence electrons. The van der Waals surface area contributed by atoms with Gasteiger partial charge in [-0.3, -0.25) is 15.0 Å². The quantitative estimate of drug-likeness (QED) is 0.293. The maximum absolute atomic E-state index is 13.7. The van der Waals surface area contributed by atoms with Crippen LogP contribution < -0.4 is 26.6 Å². The Balaban J connectivity index is 1.40. The maximum Gasteiger partial charge on any atom is 0.248 e. The molecule has 0 bridgehead atoms. The molecule has 2 atom stereocenters. The highest BCUT2D eigenvalue weighted by Gasteiger charge is 2.35. The van der Waals surface area contributed by atoms with Crippen molar-refractivity contribution >= 4 is 34.7 Å². The smallest absolute Gasteiger partial charge is 0.248 e. The lowest BCUT2D eigenvalue weighted by molar-refractivity contribution is -0.117. The van der Waals surface area contributed by atoms with Crippen LogP contribution in [0.15, 0.2) is 66.7 Å². The minimum Gasteiger partial charge on any atom is -0.384 e. The van der Waals surface area contributed by atoms with Crippen molar-refractivity contribution in [1.82, 2.24) is 0 Å². The fourth-order valence-corrected chi connectivity index (χ4v) is 5.02. The zero-order valence-electron chi connectivity index (χ0n) is 20.3. The second kappa shape index (κ2) is 9.93. The number of hydrogen-bond donors (Lipinski definition) is 4. The van der Waals surface area contributed by atoms with Crippen molar-refractivity contribution < 1.29 is 14.0 Å². The third kappa shape index (κ3) is 5.11. The first-order valence-corrected chi connectivity index (χ1v) is 12.2. The molecule has 1 saturated heterocycles. The van der Waals surface area contributed by atoms with Gasteiger partial charge in [-0.25, -0.2) is 4.39 Å². The van der Waals surface area contributed by atoms with Crippen LogP contribution >= 0.6 is 0 Å². The summed E-state index contributed by atoms with van der Waals surface area (Å²) in [5.41, 5.74) is 16.4. The number of anilines is 3. The fraction of sp³-hybridized carbons (Fsp3) is 0.250. The first-order chi connectivity index (χ1) is 17.8. The zero-order valence-corrected chi connectivity index (χ0v) is 20.3. The minimum absolute atomic E-state index is 0.0456. The fourth-order valence-electron chi connectivity index (χ4n) is 5.02. The minimum atomic E-state index is -0.833. The Morgan fingerprint density at radius 3 is 2.46 bits per heavy atom. The van der Waals surface area contributed by atoms with Crippen LogP contribution in [0.5, 0.6) is 0 Å². The Bertz CT molecular complexity index is 1360. The molecule has 2 amide bonds. The molecule has 9 heteroatoms. The van der Waals surface area contributed by atoms with Gasteiger partial charge in [0.05, 0.1) is 0 Å². The molecule has 0 saturated carbocycles. The molecule has 3 aromatic carbocycles. The zero-order chi connectivity index (χ0) is 26.1. The van der Waals surface area contributed by atoms with E-state index in [0.717, 1.165) is 22.5 Å². The number of hydrogen-bond acceptors (Lipinski definition) is 5. The molecule has 5 rings (SSSR count). The Kier molecular flexibility index (Phi) is 6.52. The molecule has 0 spiro atoms. The van der Waals surface area contributed by atoms with E-state index in [0.29, 0.717) is 49.3 Å². The number of nitrogens with zero attached hydrogens (tertiary/aromatic N) is 2. The molecule has 2 heterocycles. The van der Waals surface area contributed by atoms with Gasteiger partial charge in [0.15, 0.2) is 0 Å². The number of primary amides is 1. The molecule has 1 fully saturated rings. The van der Waals surface area contributed by atoms with Crippen molar-refractivity contribution in [3.8, 4) is 0 Å². The van der Waals surface area contributed by atoms with Gasteiger partial charge in [-0.2, -0.15) is 0 Å². The summed E-state index contributed by atoms with van der Waals surface area (Å²) >= 11 is 0. The Hall–Kier alpha value is -4.40. The van der Waals surface area contributed by atoms with Gasteiger partial charge in [0.25, 0.3) is 0 Å². The van der Waals surface area contributed by atoms with E-state index >= 15 is 0 Å². The van der Waals surface area contributed by atoms with E-state index in [1.54, 1.807) is 18.2 Å². The van der Waals surface area contributed by atoms with Crippen LogP contribution in [-0.2, 0) is 17.8 Å². The second-order valence-electron chi connectivity index (χ2n) is 9.54. The summed E-state index contributed by atoms with van der Waals surface area (Å²) in [4.78, 5) is 29.0. The molecule has 0 aromatic heterocycles. The summed E-state index contributed by atoms with van der Waals surface area (Å²) in [5, 5.41) is 10.9. The summed E-state index contributed by atoms with van der Waals surface area (Å²) in [6.07, 6.45) is 0.170. The van der Waals surface area contributed by atoms with Gasteiger partial charge in [0.2, 0.25) is 11.8 Å². The molecule has 6 N–H and O–H groups in total. The first kappa shape index (κ1) is 24.3. The maximum atomic E-state index is 13.7. The second-order valence-corrected chi connectivity index (χ2v) is 9.54. The number of carbonyl (C=O) groups is 2. The van der Waals surface area contributed by atoms with Gasteiger partial charge >= 0.3 is 0 Å². The van der Waals surface area contributed by atoms with Crippen LogP contribution in [0.1, 0.15) is 33.5 Å². The molecule has 2 aliphatic heterocycles. The number of amidine groups is 1. The number of nitrogens with one attached hydrogen (secondary N) is 2. The molecular formula is C28H29FN6O2. The highest BCUT2D eigenvalue weighted by Crippen LogP contribution is 2.35. The van der Waals surface area contributed by atoms with E-state index in [1.807, 2.05) is 58.3 Å². The monoisotopic (exact) mass is 500 g/mol. The van der Waals surface area contributed by atoms with Gasteiger partial charge in [-0.05, 0) is 53.9 Å². The average molecular weight is 501 g/mol. The topological polar surface area (TPSA) is 129 Å². The van der Waals surface area contributed by atoms with Crippen LogP contribution in [0.4, 0.5) is 21.5 Å². The summed E-state index contributed by atoms with van der Waals surface area (Å²) in [7, 11) is 0. The van der Waals surface area contributed by atoms with Crippen molar-refractivity contribution in [3.63, 3.8) is 0 Å². The summed E-state index contributed by atoms with van der Waals surface area (Å²) in [5.74, 6) is -0.716. The Morgan fingerprint density at radius 2 is 1.78 bits per heavy atom. The number of benzene rings is 3. The van der Waals surface area contributed by atoms with Crippen molar-refractivity contribution in [1.29, 1.82) is 5.41 Å². The van der Waals surface area contributed by atoms with Gasteiger partial charge in [-0.1, -0.05) is 30.3 Å². The lowest BCUT2D eigenvalue weighted by Crippen LogP contribution is -2.41. The molecule has 37 heavy (non-hydrogen) atoms. The number of nitrogen functional groups attached to an aromatic ring is 1. The molecule has 1 unspecified atom stereocenters. The van der Waals surface area contributed by atoms with Gasteiger partial charge in [0, 0.05) is 54.2 Å². The number of nitrogens with two attached hydrogens (primary N) is 2. The highest BCUT2D eigenvalue weighted by molar-refractivity contribution is 6.00. The van der Waals surface area contributed by atoms with Crippen molar-refractivity contribution in [3.05, 3.63) is 89.0 Å². The SMILES string of the molecule is N=C(N)c1ccc2c(c1)N(Cc1ccc(C(N)=O)cc1)C(C(=O)Nc1cccc(N3CC[C@H](F)C3)c1)C2. The van der Waals surface area contributed by atoms with E-state index < -0.39 is 18.1 Å². The molecular weight excluding hydrogens is 471 g/mol. The summed E-state index contributed by atoms with van der Waals surface area (Å²) in [6, 6.07) is 19.5. The predicted molar refractivity (Wildman–Crippen MR) is 143 cm³/mol. The van der Waals surface area contributed by atoms with Gasteiger partial charge < -0.3 is 26.6 Å². The molecule has 0 aliphatic carbocycles. The largest absolute Gasteiger partial charge is 0.384 e. The molecule has 0 radical (unpaired) electrons. The number of rotatable bonds is 7. The Morgan fingerprint density at radius 1 is 1.03 bits per heavy atom. The van der Waals surface area contributed by atoms with E-state index in [1.165, 1.54) is 0 Å². The third-order valence-electron chi connectivity index (χ3n) is 7.00. The molecule has 8 nitrogen and oxygen atoms in total. The summed E-state index contributed by atoms with van der Waals surface area (Å²) in [6.45, 7) is 1.42. The highest BCUT2D eigenvalue weighted by atomic mass is 19.1. The number of halogens is 1.